The van der Waals surface area contributed by atoms with Gasteiger partial charge < -0.3 is 25.2 Å². The molecule has 7 nitrogen and oxygen atoms in total. The van der Waals surface area contributed by atoms with Gasteiger partial charge in [0.15, 0.2) is 11.5 Å². The fourth-order valence-electron chi connectivity index (χ4n) is 2.31. The molecule has 0 saturated carbocycles. The first-order valence-corrected chi connectivity index (χ1v) is 6.62. The molecule has 1 fully saturated rings. The summed E-state index contributed by atoms with van der Waals surface area (Å²) < 4.78 is 5.00. The lowest BCUT2D eigenvalue weighted by atomic mass is 10.1. The number of hydrogen-bond acceptors (Lipinski definition) is 4. The number of carbonyl (C=O) groups excluding carboxylic acids is 1. The Balaban J connectivity index is 1.88. The van der Waals surface area contributed by atoms with Gasteiger partial charge in [0.05, 0.1) is 13.0 Å². The van der Waals surface area contributed by atoms with Gasteiger partial charge in [-0.15, -0.1) is 0 Å². The summed E-state index contributed by atoms with van der Waals surface area (Å²) in [6.07, 6.45) is -0.453. The minimum atomic E-state index is -0.992. The highest BCUT2D eigenvalue weighted by Gasteiger charge is 2.30. The van der Waals surface area contributed by atoms with Crippen molar-refractivity contribution in [3.05, 3.63) is 23.8 Å². The molecule has 2 rings (SSSR count). The third kappa shape index (κ3) is 3.56. The Morgan fingerprint density at radius 2 is 2.24 bits per heavy atom. The van der Waals surface area contributed by atoms with Crippen molar-refractivity contribution in [1.29, 1.82) is 0 Å². The number of rotatable bonds is 4. The molecule has 21 heavy (non-hydrogen) atoms. The first kappa shape index (κ1) is 15.0. The van der Waals surface area contributed by atoms with Crippen LogP contribution in [0.25, 0.3) is 0 Å². The number of amides is 2. The van der Waals surface area contributed by atoms with Gasteiger partial charge >= 0.3 is 6.09 Å². The number of nitrogens with one attached hydrogen (secondary N) is 1. The van der Waals surface area contributed by atoms with Crippen LogP contribution < -0.4 is 10.1 Å². The van der Waals surface area contributed by atoms with Crippen LogP contribution in [0.15, 0.2) is 18.2 Å². The third-order valence-corrected chi connectivity index (χ3v) is 3.54. The minimum absolute atomic E-state index is 0.0421. The quantitative estimate of drug-likeness (QED) is 0.770. The van der Waals surface area contributed by atoms with Gasteiger partial charge in [0.2, 0.25) is 5.91 Å². The Kier molecular flexibility index (Phi) is 4.52. The highest BCUT2D eigenvalue weighted by molar-refractivity contribution is 5.80. The normalized spacial score (nSPS) is 17.6. The van der Waals surface area contributed by atoms with Crippen LogP contribution in [0.5, 0.6) is 11.5 Å². The summed E-state index contributed by atoms with van der Waals surface area (Å²) >= 11 is 0. The number of ether oxygens (including phenoxy) is 1. The van der Waals surface area contributed by atoms with Crippen molar-refractivity contribution in [1.82, 2.24) is 10.2 Å². The molecule has 1 aliphatic heterocycles. The molecule has 7 heteroatoms. The predicted octanol–water partition coefficient (Wildman–Crippen LogP) is 1.02. The van der Waals surface area contributed by atoms with E-state index in [9.17, 15) is 14.7 Å². The Morgan fingerprint density at radius 1 is 1.48 bits per heavy atom. The summed E-state index contributed by atoms with van der Waals surface area (Å²) in [4.78, 5) is 24.0. The average molecular weight is 294 g/mol. The molecule has 0 radical (unpaired) electrons. The molecule has 1 aliphatic rings. The van der Waals surface area contributed by atoms with E-state index in [0.717, 1.165) is 5.56 Å². The summed E-state index contributed by atoms with van der Waals surface area (Å²) in [6.45, 7) is 0.930. The lowest BCUT2D eigenvalue weighted by Crippen LogP contribution is -2.33. The number of aromatic hydroxyl groups is 1. The van der Waals surface area contributed by atoms with Crippen LogP contribution in [0.4, 0.5) is 4.79 Å². The Bertz CT molecular complexity index is 546. The molecule has 0 unspecified atom stereocenters. The van der Waals surface area contributed by atoms with Gasteiger partial charge in [-0.2, -0.15) is 0 Å². The van der Waals surface area contributed by atoms with E-state index >= 15 is 0 Å². The van der Waals surface area contributed by atoms with Crippen molar-refractivity contribution >= 4 is 12.0 Å². The summed E-state index contributed by atoms with van der Waals surface area (Å²) in [7, 11) is 1.45. The van der Waals surface area contributed by atoms with Crippen LogP contribution in [0, 0.1) is 5.92 Å². The van der Waals surface area contributed by atoms with Crippen LogP contribution in [0.2, 0.25) is 0 Å². The average Bonchev–Trinajstić information content (AvgIpc) is 2.96. The number of carbonyl (C=O) groups is 2. The molecule has 1 saturated heterocycles. The van der Waals surface area contributed by atoms with E-state index < -0.39 is 6.09 Å². The monoisotopic (exact) mass is 294 g/mol. The van der Waals surface area contributed by atoms with Crippen LogP contribution in [-0.2, 0) is 11.3 Å². The first-order chi connectivity index (χ1) is 10.0. The molecular formula is C14H18N2O5. The Labute approximate surface area is 122 Å². The molecule has 0 spiro atoms. The number of hydrogen-bond donors (Lipinski definition) is 3. The molecule has 0 aliphatic carbocycles. The molecule has 1 heterocycles. The van der Waals surface area contributed by atoms with E-state index in [1.165, 1.54) is 18.1 Å². The van der Waals surface area contributed by atoms with Crippen molar-refractivity contribution in [2.75, 3.05) is 20.2 Å². The zero-order valence-corrected chi connectivity index (χ0v) is 11.7. The van der Waals surface area contributed by atoms with Crippen molar-refractivity contribution in [3.63, 3.8) is 0 Å². The number of phenols is 1. The van der Waals surface area contributed by atoms with Gasteiger partial charge in [-0.1, -0.05) is 6.07 Å². The second-order valence-electron chi connectivity index (χ2n) is 4.94. The molecule has 1 aromatic carbocycles. The van der Waals surface area contributed by atoms with Crippen molar-refractivity contribution < 1.29 is 24.5 Å². The number of nitrogens with zero attached hydrogens (tertiary/aromatic N) is 1. The van der Waals surface area contributed by atoms with Crippen molar-refractivity contribution in [2.24, 2.45) is 5.92 Å². The van der Waals surface area contributed by atoms with E-state index in [1.54, 1.807) is 12.1 Å². The van der Waals surface area contributed by atoms with E-state index in [-0.39, 0.29) is 24.1 Å². The van der Waals surface area contributed by atoms with Crippen LogP contribution in [0.1, 0.15) is 12.0 Å². The maximum atomic E-state index is 12.0. The van der Waals surface area contributed by atoms with Crippen molar-refractivity contribution in [3.8, 4) is 11.5 Å². The largest absolute Gasteiger partial charge is 0.504 e. The molecule has 114 valence electrons. The number of likely N-dealkylation sites (tertiary alicyclic amines) is 1. The summed E-state index contributed by atoms with van der Waals surface area (Å²) in [5.41, 5.74) is 0.797. The molecule has 1 aromatic rings. The van der Waals surface area contributed by atoms with E-state index in [1.807, 2.05) is 0 Å². The van der Waals surface area contributed by atoms with Gasteiger partial charge in [0, 0.05) is 19.6 Å². The summed E-state index contributed by atoms with van der Waals surface area (Å²) in [6, 6.07) is 4.84. The van der Waals surface area contributed by atoms with E-state index in [0.29, 0.717) is 25.3 Å². The standard InChI is InChI=1S/C14H18N2O5/c1-21-12-6-9(2-3-11(12)17)7-15-13(18)10-4-5-16(8-10)14(19)20/h2-3,6,10,17H,4-5,7-8H2,1H3,(H,15,18)(H,19,20)/t10-/m0/s1. The molecule has 2 amide bonds. The smallest absolute Gasteiger partial charge is 0.407 e. The topological polar surface area (TPSA) is 99.1 Å². The number of phenolic OH excluding ortho intramolecular Hbond substituents is 1. The lowest BCUT2D eigenvalue weighted by Gasteiger charge is -2.13. The van der Waals surface area contributed by atoms with Gasteiger partial charge in [0.1, 0.15) is 0 Å². The maximum absolute atomic E-state index is 12.0. The maximum Gasteiger partial charge on any atom is 0.407 e. The second kappa shape index (κ2) is 6.34. The SMILES string of the molecule is COc1cc(CNC(=O)[C@H]2CCN(C(=O)O)C2)ccc1O. The number of benzene rings is 1. The highest BCUT2D eigenvalue weighted by atomic mass is 16.5. The number of carboxylic acid groups (broad SMARTS) is 1. The summed E-state index contributed by atoms with van der Waals surface area (Å²) in [5, 5.41) is 21.1. The van der Waals surface area contributed by atoms with Gasteiger partial charge in [-0.05, 0) is 24.1 Å². The molecule has 0 aromatic heterocycles. The van der Waals surface area contributed by atoms with E-state index in [4.69, 9.17) is 9.84 Å². The van der Waals surface area contributed by atoms with Crippen LogP contribution in [-0.4, -0.2) is 47.3 Å². The zero-order chi connectivity index (χ0) is 15.4. The van der Waals surface area contributed by atoms with Gasteiger partial charge in [-0.3, -0.25) is 4.79 Å². The number of methoxy groups -OCH3 is 1. The molecule has 3 N–H and O–H groups in total. The molecule has 1 atom stereocenters. The van der Waals surface area contributed by atoms with Crippen LogP contribution >= 0.6 is 0 Å². The lowest BCUT2D eigenvalue weighted by molar-refractivity contribution is -0.124. The first-order valence-electron chi connectivity index (χ1n) is 6.62. The molecular weight excluding hydrogens is 276 g/mol. The van der Waals surface area contributed by atoms with Crippen LogP contribution in [0.3, 0.4) is 0 Å². The van der Waals surface area contributed by atoms with Gasteiger partial charge in [-0.25, -0.2) is 4.79 Å². The van der Waals surface area contributed by atoms with Crippen molar-refractivity contribution in [2.45, 2.75) is 13.0 Å². The Hall–Kier alpha value is -2.44. The second-order valence-corrected chi connectivity index (χ2v) is 4.94. The predicted molar refractivity (Wildman–Crippen MR) is 74.2 cm³/mol. The third-order valence-electron chi connectivity index (χ3n) is 3.54. The minimum Gasteiger partial charge on any atom is -0.504 e. The highest BCUT2D eigenvalue weighted by Crippen LogP contribution is 2.26. The fourth-order valence-corrected chi connectivity index (χ4v) is 2.31. The Morgan fingerprint density at radius 3 is 2.86 bits per heavy atom. The summed E-state index contributed by atoms with van der Waals surface area (Å²) in [5.74, 6) is -0.0777. The van der Waals surface area contributed by atoms with E-state index in [2.05, 4.69) is 5.32 Å². The molecule has 0 bridgehead atoms. The van der Waals surface area contributed by atoms with Gasteiger partial charge in [0.25, 0.3) is 0 Å². The zero-order valence-electron chi connectivity index (χ0n) is 11.7. The fraction of sp³-hybridized carbons (Fsp3) is 0.429.